The molecule has 1 saturated heterocycles. The highest BCUT2D eigenvalue weighted by Gasteiger charge is 2.26. The number of benzene rings is 2. The van der Waals surface area contributed by atoms with Crippen LogP contribution in [-0.4, -0.2) is 52.5 Å². The van der Waals surface area contributed by atoms with E-state index in [0.717, 1.165) is 35.6 Å². The smallest absolute Gasteiger partial charge is 0.322 e. The quantitative estimate of drug-likeness (QED) is 0.220. The number of aliphatic carboxylic acids is 1. The number of hydrogen-bond donors (Lipinski definition) is 3. The molecule has 0 radical (unpaired) electrons. The second-order valence-electron chi connectivity index (χ2n) is 9.81. The third-order valence-corrected chi connectivity index (χ3v) is 7.25. The maximum atomic E-state index is 12.2. The van der Waals surface area contributed by atoms with Crippen molar-refractivity contribution in [2.45, 2.75) is 39.0 Å². The fourth-order valence-corrected chi connectivity index (χ4v) is 5.14. The molecule has 1 aliphatic heterocycles. The molecule has 0 spiro atoms. The van der Waals surface area contributed by atoms with Crippen molar-refractivity contribution in [3.8, 4) is 0 Å². The van der Waals surface area contributed by atoms with Gasteiger partial charge in [0.15, 0.2) is 0 Å². The molecule has 198 valence electrons. The number of aromatic nitrogens is 1. The number of nitrogens with zero attached hydrogens (tertiary/aromatic N) is 3. The zero-order chi connectivity index (χ0) is 27.1. The summed E-state index contributed by atoms with van der Waals surface area (Å²) in [4.78, 5) is 29.5. The summed E-state index contributed by atoms with van der Waals surface area (Å²) in [5.41, 5.74) is 6.89. The number of aryl methyl sites for hydroxylation is 2. The van der Waals surface area contributed by atoms with Crippen molar-refractivity contribution in [2.24, 2.45) is 11.1 Å². The summed E-state index contributed by atoms with van der Waals surface area (Å²) in [6.07, 6.45) is 3.62. The van der Waals surface area contributed by atoms with Gasteiger partial charge in [0.1, 0.15) is 6.54 Å². The lowest BCUT2D eigenvalue weighted by atomic mass is 9.83. The van der Waals surface area contributed by atoms with E-state index in [4.69, 9.17) is 5.11 Å². The maximum absolute atomic E-state index is 12.2. The van der Waals surface area contributed by atoms with Crippen molar-refractivity contribution in [1.82, 2.24) is 10.3 Å². The van der Waals surface area contributed by atoms with Gasteiger partial charge in [0.05, 0.1) is 5.71 Å². The van der Waals surface area contributed by atoms with Gasteiger partial charge >= 0.3 is 5.97 Å². The van der Waals surface area contributed by atoms with Crippen molar-refractivity contribution in [3.05, 3.63) is 94.8 Å². The van der Waals surface area contributed by atoms with Crippen LogP contribution in [0.1, 0.15) is 53.1 Å². The Labute approximate surface area is 223 Å². The largest absolute Gasteiger partial charge is 0.480 e. The first-order chi connectivity index (χ1) is 18.4. The molecule has 4 rings (SSSR count). The summed E-state index contributed by atoms with van der Waals surface area (Å²) in [7, 11) is 0. The van der Waals surface area contributed by atoms with E-state index in [1.165, 1.54) is 11.1 Å². The average molecular weight is 515 g/mol. The number of pyridine rings is 1. The number of carboxylic acids is 1. The Bertz CT molecular complexity index is 1300. The van der Waals surface area contributed by atoms with Crippen LogP contribution in [0.2, 0.25) is 0 Å². The number of hydrogen-bond acceptors (Lipinski definition) is 6. The van der Waals surface area contributed by atoms with Crippen molar-refractivity contribution in [3.63, 3.8) is 0 Å². The van der Waals surface area contributed by atoms with Gasteiger partial charge in [0.25, 0.3) is 0 Å². The molecule has 0 aliphatic carbocycles. The van der Waals surface area contributed by atoms with Gasteiger partial charge in [-0.05, 0) is 67.6 Å². The molecule has 8 heteroatoms. The van der Waals surface area contributed by atoms with Gasteiger partial charge in [0.2, 0.25) is 5.91 Å². The lowest BCUT2D eigenvalue weighted by Crippen LogP contribution is -2.41. The number of rotatable bonds is 9. The second kappa shape index (κ2) is 12.4. The number of carboxylic acid groups (broad SMARTS) is 1. The zero-order valence-corrected chi connectivity index (χ0v) is 21.8. The Morgan fingerprint density at radius 1 is 1.08 bits per heavy atom. The van der Waals surface area contributed by atoms with Gasteiger partial charge in [-0.2, -0.15) is 0 Å². The Morgan fingerprint density at radius 2 is 1.79 bits per heavy atom. The number of piperidine rings is 1. The van der Waals surface area contributed by atoms with Gasteiger partial charge in [0, 0.05) is 54.5 Å². The minimum atomic E-state index is -1.03. The van der Waals surface area contributed by atoms with Crippen molar-refractivity contribution in [1.29, 1.82) is 0 Å². The van der Waals surface area contributed by atoms with Gasteiger partial charge in [-0.3, -0.25) is 14.6 Å². The number of anilines is 1. The van der Waals surface area contributed by atoms with Crippen LogP contribution in [0, 0.1) is 19.8 Å². The third kappa shape index (κ3) is 6.56. The second-order valence-corrected chi connectivity index (χ2v) is 9.81. The maximum Gasteiger partial charge on any atom is 0.322 e. The summed E-state index contributed by atoms with van der Waals surface area (Å²) in [6, 6.07) is 20.6. The van der Waals surface area contributed by atoms with Crippen LogP contribution in [0.15, 0.2) is 72.0 Å². The molecular formula is C30H34N4O4. The predicted molar refractivity (Wildman–Crippen MR) is 147 cm³/mol. The van der Waals surface area contributed by atoms with Gasteiger partial charge in [-0.1, -0.05) is 41.6 Å². The van der Waals surface area contributed by atoms with E-state index in [1.807, 2.05) is 31.2 Å². The van der Waals surface area contributed by atoms with Gasteiger partial charge < -0.3 is 20.5 Å². The molecule has 0 unspecified atom stereocenters. The molecule has 3 aromatic rings. The monoisotopic (exact) mass is 514 g/mol. The summed E-state index contributed by atoms with van der Waals surface area (Å²) in [5, 5.41) is 24.9. The molecule has 2 aromatic carbocycles. The topological polar surface area (TPSA) is 115 Å². The first-order valence-corrected chi connectivity index (χ1v) is 12.9. The van der Waals surface area contributed by atoms with Crippen LogP contribution in [0.4, 0.5) is 5.69 Å². The molecule has 1 amide bonds. The SMILES string of the molecule is Cc1cc(C(C[C@H](c2ccc(N3CCC(C(=O)NCC(=O)O)CC3)cc2)c2ccccc2C)=NO)ccn1. The summed E-state index contributed by atoms with van der Waals surface area (Å²) in [5.74, 6) is -1.39. The third-order valence-electron chi connectivity index (χ3n) is 7.25. The van der Waals surface area contributed by atoms with E-state index in [2.05, 4.69) is 63.7 Å². The lowest BCUT2D eigenvalue weighted by Gasteiger charge is -2.33. The highest BCUT2D eigenvalue weighted by molar-refractivity contribution is 6.01. The number of nitrogens with one attached hydrogen (secondary N) is 1. The average Bonchev–Trinajstić information content (AvgIpc) is 2.93. The molecule has 1 fully saturated rings. The highest BCUT2D eigenvalue weighted by atomic mass is 16.4. The van der Waals surface area contributed by atoms with Crippen LogP contribution in [0.25, 0.3) is 0 Å². The van der Waals surface area contributed by atoms with E-state index in [9.17, 15) is 14.8 Å². The molecule has 1 aromatic heterocycles. The minimum Gasteiger partial charge on any atom is -0.480 e. The Balaban J connectivity index is 1.51. The number of amides is 1. The standard InChI is InChI=1S/C30H34N4O4/c1-20-5-3-4-6-26(20)27(18-28(33-38)24-11-14-31-21(2)17-24)22-7-9-25(10-8-22)34-15-12-23(13-16-34)30(37)32-19-29(35)36/h3-11,14,17,23,27,38H,12-13,15-16,18-19H2,1-2H3,(H,32,37)(H,35,36)/t27-/m1/s1. The fraction of sp³-hybridized carbons (Fsp3) is 0.333. The molecule has 3 N–H and O–H groups in total. The molecule has 1 aliphatic rings. The van der Waals surface area contributed by atoms with Crippen LogP contribution in [0.3, 0.4) is 0 Å². The molecular weight excluding hydrogens is 480 g/mol. The Hall–Kier alpha value is -4.20. The summed E-state index contributed by atoms with van der Waals surface area (Å²) < 4.78 is 0. The molecule has 0 saturated carbocycles. The van der Waals surface area contributed by atoms with Crippen molar-refractivity contribution < 1.29 is 19.9 Å². The molecule has 38 heavy (non-hydrogen) atoms. The summed E-state index contributed by atoms with van der Waals surface area (Å²) >= 11 is 0. The van der Waals surface area contributed by atoms with Gasteiger partial charge in [-0.15, -0.1) is 0 Å². The van der Waals surface area contributed by atoms with Crippen molar-refractivity contribution in [2.75, 3.05) is 24.5 Å². The van der Waals surface area contributed by atoms with E-state index < -0.39 is 5.97 Å². The minimum absolute atomic E-state index is 0.00621. The molecule has 2 heterocycles. The Morgan fingerprint density at radius 3 is 2.42 bits per heavy atom. The van der Waals surface area contributed by atoms with Crippen LogP contribution in [0.5, 0.6) is 0 Å². The Kier molecular flexibility index (Phi) is 8.73. The van der Waals surface area contributed by atoms with Crippen LogP contribution in [-0.2, 0) is 9.59 Å². The van der Waals surface area contributed by atoms with Crippen LogP contribution >= 0.6 is 0 Å². The van der Waals surface area contributed by atoms with E-state index in [-0.39, 0.29) is 24.3 Å². The first kappa shape index (κ1) is 26.9. The molecule has 8 nitrogen and oxygen atoms in total. The van der Waals surface area contributed by atoms with Gasteiger partial charge in [-0.25, -0.2) is 0 Å². The van der Waals surface area contributed by atoms with E-state index in [1.54, 1.807) is 6.20 Å². The van der Waals surface area contributed by atoms with E-state index >= 15 is 0 Å². The zero-order valence-electron chi connectivity index (χ0n) is 21.8. The van der Waals surface area contributed by atoms with Crippen molar-refractivity contribution >= 4 is 23.3 Å². The van der Waals surface area contributed by atoms with E-state index in [0.29, 0.717) is 25.0 Å². The molecule has 1 atom stereocenters. The first-order valence-electron chi connectivity index (χ1n) is 12.9. The number of oxime groups is 1. The summed E-state index contributed by atoms with van der Waals surface area (Å²) in [6.45, 7) is 5.13. The predicted octanol–water partition coefficient (Wildman–Crippen LogP) is 4.52. The fourth-order valence-electron chi connectivity index (χ4n) is 5.14. The van der Waals surface area contributed by atoms with Crippen LogP contribution < -0.4 is 10.2 Å². The number of carbonyl (C=O) groups excluding carboxylic acids is 1. The number of carbonyl (C=O) groups is 2. The molecule has 0 bridgehead atoms. The highest BCUT2D eigenvalue weighted by Crippen LogP contribution is 2.33. The lowest BCUT2D eigenvalue weighted by molar-refractivity contribution is -0.138. The normalized spacial score (nSPS) is 15.2.